The maximum absolute atomic E-state index is 12.8. The first-order chi connectivity index (χ1) is 12.4. The van der Waals surface area contributed by atoms with Crippen LogP contribution in [0.25, 0.3) is 0 Å². The largest absolute Gasteiger partial charge is 0.338 e. The molecule has 3 rings (SSSR count). The molecule has 1 saturated heterocycles. The molecule has 140 valence electrons. The molecule has 1 atom stereocenters. The van der Waals surface area contributed by atoms with Crippen molar-refractivity contribution < 1.29 is 4.79 Å². The molecule has 0 N–H and O–H groups in total. The zero-order valence-electron chi connectivity index (χ0n) is 14.8. The summed E-state index contributed by atoms with van der Waals surface area (Å²) in [4.78, 5) is 17.0. The molecule has 0 saturated carbocycles. The first-order valence-corrected chi connectivity index (χ1v) is 10.1. The molecule has 1 aromatic heterocycles. The number of carbonyl (C=O) groups is 1. The lowest BCUT2D eigenvalue weighted by Crippen LogP contribution is -2.50. The molecule has 1 fully saturated rings. The zero-order valence-corrected chi connectivity index (χ0v) is 17.9. The van der Waals surface area contributed by atoms with Gasteiger partial charge in [-0.15, -0.1) is 0 Å². The van der Waals surface area contributed by atoms with Crippen LogP contribution in [0.3, 0.4) is 0 Å². The van der Waals surface area contributed by atoms with Crippen molar-refractivity contribution in [3.8, 4) is 0 Å². The summed E-state index contributed by atoms with van der Waals surface area (Å²) in [5.41, 5.74) is 2.02. The van der Waals surface area contributed by atoms with Gasteiger partial charge in [0.15, 0.2) is 0 Å². The number of amides is 1. The van der Waals surface area contributed by atoms with E-state index in [1.54, 1.807) is 16.9 Å². The standard InChI is InChI=1S/C18H21BrCl2N4O/c1-12-16(19)10-22-25(12)13(2)18(26)24-7-5-23(6-8-24)11-14-3-4-15(20)9-17(14)21/h3-4,9-10,13H,5-8,11H2,1-2H3. The number of piperazine rings is 1. The Morgan fingerprint density at radius 3 is 2.54 bits per heavy atom. The molecule has 1 aromatic carbocycles. The molecule has 1 amide bonds. The minimum atomic E-state index is -0.307. The summed E-state index contributed by atoms with van der Waals surface area (Å²) < 4.78 is 2.69. The van der Waals surface area contributed by atoms with Crippen LogP contribution in [-0.4, -0.2) is 51.7 Å². The lowest BCUT2D eigenvalue weighted by molar-refractivity contribution is -0.136. The quantitative estimate of drug-likeness (QED) is 0.688. The molecule has 0 spiro atoms. The summed E-state index contributed by atoms with van der Waals surface area (Å²) in [5.74, 6) is 0.105. The van der Waals surface area contributed by atoms with Gasteiger partial charge >= 0.3 is 0 Å². The predicted octanol–water partition coefficient (Wildman–Crippen LogP) is 4.17. The van der Waals surface area contributed by atoms with Crippen molar-refractivity contribution in [3.05, 3.63) is 50.2 Å². The number of aromatic nitrogens is 2. The van der Waals surface area contributed by atoms with Crippen LogP contribution in [0.15, 0.2) is 28.9 Å². The second-order valence-corrected chi connectivity index (χ2v) is 8.23. The van der Waals surface area contributed by atoms with Crippen molar-refractivity contribution in [2.45, 2.75) is 26.4 Å². The molecule has 1 aliphatic rings. The monoisotopic (exact) mass is 458 g/mol. The van der Waals surface area contributed by atoms with E-state index in [1.165, 1.54) is 0 Å². The van der Waals surface area contributed by atoms with Gasteiger partial charge in [-0.3, -0.25) is 14.4 Å². The van der Waals surface area contributed by atoms with Crippen molar-refractivity contribution in [1.29, 1.82) is 0 Å². The van der Waals surface area contributed by atoms with Gasteiger partial charge in [-0.2, -0.15) is 5.10 Å². The van der Waals surface area contributed by atoms with Crippen molar-refractivity contribution in [2.24, 2.45) is 0 Å². The molecular formula is C18H21BrCl2N4O. The molecule has 1 aliphatic heterocycles. The Hall–Kier alpha value is -1.08. The smallest absolute Gasteiger partial charge is 0.247 e. The summed E-state index contributed by atoms with van der Waals surface area (Å²) in [6.07, 6.45) is 1.73. The third-order valence-corrected chi connectivity index (χ3v) is 6.17. The van der Waals surface area contributed by atoms with Crippen molar-refractivity contribution in [1.82, 2.24) is 19.6 Å². The van der Waals surface area contributed by atoms with Gasteiger partial charge in [0.2, 0.25) is 5.91 Å². The lowest BCUT2D eigenvalue weighted by Gasteiger charge is -2.36. The zero-order chi connectivity index (χ0) is 18.8. The average molecular weight is 460 g/mol. The minimum Gasteiger partial charge on any atom is -0.338 e. The maximum Gasteiger partial charge on any atom is 0.247 e. The summed E-state index contributed by atoms with van der Waals surface area (Å²) in [5, 5.41) is 5.63. The van der Waals surface area contributed by atoms with Gasteiger partial charge in [0.1, 0.15) is 6.04 Å². The van der Waals surface area contributed by atoms with E-state index in [0.717, 1.165) is 35.4 Å². The number of rotatable bonds is 4. The van der Waals surface area contributed by atoms with Gasteiger partial charge in [-0.25, -0.2) is 0 Å². The van der Waals surface area contributed by atoms with Crippen LogP contribution >= 0.6 is 39.1 Å². The van der Waals surface area contributed by atoms with Crippen molar-refractivity contribution in [2.75, 3.05) is 26.2 Å². The van der Waals surface area contributed by atoms with Gasteiger partial charge in [-0.1, -0.05) is 29.3 Å². The molecule has 0 radical (unpaired) electrons. The van der Waals surface area contributed by atoms with Crippen LogP contribution in [0.2, 0.25) is 10.0 Å². The highest BCUT2D eigenvalue weighted by molar-refractivity contribution is 9.10. The Bertz CT molecular complexity index is 802. The summed E-state index contributed by atoms with van der Waals surface area (Å²) in [6, 6.07) is 5.28. The molecule has 8 heteroatoms. The lowest BCUT2D eigenvalue weighted by atomic mass is 10.2. The molecule has 0 bridgehead atoms. The van der Waals surface area contributed by atoms with Gasteiger partial charge in [0, 0.05) is 42.8 Å². The van der Waals surface area contributed by atoms with Gasteiger partial charge in [0.05, 0.1) is 16.4 Å². The van der Waals surface area contributed by atoms with E-state index in [0.29, 0.717) is 23.1 Å². The van der Waals surface area contributed by atoms with Crippen LogP contribution in [0.1, 0.15) is 24.2 Å². The van der Waals surface area contributed by atoms with E-state index in [9.17, 15) is 4.79 Å². The Balaban J connectivity index is 1.57. The van der Waals surface area contributed by atoms with Crippen molar-refractivity contribution in [3.63, 3.8) is 0 Å². The van der Waals surface area contributed by atoms with Crippen LogP contribution in [0.5, 0.6) is 0 Å². The first-order valence-electron chi connectivity index (χ1n) is 8.51. The highest BCUT2D eigenvalue weighted by Gasteiger charge is 2.27. The Morgan fingerprint density at radius 2 is 1.96 bits per heavy atom. The van der Waals surface area contributed by atoms with Crippen LogP contribution in [0.4, 0.5) is 0 Å². The molecule has 26 heavy (non-hydrogen) atoms. The van der Waals surface area contributed by atoms with Crippen LogP contribution in [-0.2, 0) is 11.3 Å². The van der Waals surface area contributed by atoms with E-state index >= 15 is 0 Å². The normalized spacial score (nSPS) is 16.7. The highest BCUT2D eigenvalue weighted by atomic mass is 79.9. The van der Waals surface area contributed by atoms with E-state index < -0.39 is 0 Å². The topological polar surface area (TPSA) is 41.4 Å². The van der Waals surface area contributed by atoms with Crippen LogP contribution in [0, 0.1) is 6.92 Å². The molecule has 1 unspecified atom stereocenters. The van der Waals surface area contributed by atoms with E-state index in [2.05, 4.69) is 25.9 Å². The Morgan fingerprint density at radius 1 is 1.27 bits per heavy atom. The average Bonchev–Trinajstić information content (AvgIpc) is 2.96. The number of hydrogen-bond donors (Lipinski definition) is 0. The molecule has 0 aliphatic carbocycles. The number of nitrogens with zero attached hydrogens (tertiary/aromatic N) is 4. The molecule has 2 heterocycles. The fraction of sp³-hybridized carbons (Fsp3) is 0.444. The van der Waals surface area contributed by atoms with Crippen LogP contribution < -0.4 is 0 Å². The number of carbonyl (C=O) groups excluding carboxylic acids is 1. The first kappa shape index (κ1) is 19.7. The summed E-state index contributed by atoms with van der Waals surface area (Å²) in [7, 11) is 0. The fourth-order valence-electron chi connectivity index (χ4n) is 3.18. The third-order valence-electron chi connectivity index (χ3n) is 4.80. The SMILES string of the molecule is Cc1c(Br)cnn1C(C)C(=O)N1CCN(Cc2ccc(Cl)cc2Cl)CC1. The molecule has 5 nitrogen and oxygen atoms in total. The van der Waals surface area contributed by atoms with E-state index in [4.69, 9.17) is 23.2 Å². The predicted molar refractivity (Wildman–Crippen MR) is 108 cm³/mol. The molecule has 2 aromatic rings. The number of benzene rings is 1. The van der Waals surface area contributed by atoms with Gasteiger partial charge in [0.25, 0.3) is 0 Å². The maximum atomic E-state index is 12.8. The number of halogens is 3. The molecular weight excluding hydrogens is 439 g/mol. The second kappa shape index (κ2) is 8.30. The third kappa shape index (κ3) is 4.25. The Labute approximate surface area is 172 Å². The summed E-state index contributed by atoms with van der Waals surface area (Å²) in [6.45, 7) is 7.66. The number of hydrogen-bond acceptors (Lipinski definition) is 3. The van der Waals surface area contributed by atoms with Gasteiger partial charge < -0.3 is 4.90 Å². The van der Waals surface area contributed by atoms with Crippen molar-refractivity contribution >= 4 is 45.0 Å². The fourth-order valence-corrected chi connectivity index (χ4v) is 3.92. The summed E-state index contributed by atoms with van der Waals surface area (Å²) >= 11 is 15.7. The second-order valence-electron chi connectivity index (χ2n) is 6.54. The Kier molecular flexibility index (Phi) is 6.28. The van der Waals surface area contributed by atoms with Gasteiger partial charge in [-0.05, 0) is 47.5 Å². The minimum absolute atomic E-state index is 0.105. The highest BCUT2D eigenvalue weighted by Crippen LogP contribution is 2.23. The van der Waals surface area contributed by atoms with E-state index in [1.807, 2.05) is 30.9 Å². The van der Waals surface area contributed by atoms with E-state index in [-0.39, 0.29) is 11.9 Å².